The van der Waals surface area contributed by atoms with Gasteiger partial charge < -0.3 is 11.1 Å². The third-order valence-electron chi connectivity index (χ3n) is 2.09. The topological polar surface area (TPSA) is 93.8 Å². The van der Waals surface area contributed by atoms with E-state index in [1.807, 2.05) is 0 Å². The first kappa shape index (κ1) is 12.3. The minimum atomic E-state index is -0.437. The van der Waals surface area contributed by atoms with Gasteiger partial charge in [0, 0.05) is 11.9 Å². The first-order valence-corrected chi connectivity index (χ1v) is 5.47. The number of hydrogen-bond donors (Lipinski definition) is 2. The summed E-state index contributed by atoms with van der Waals surface area (Å²) in [5.41, 5.74) is 6.26. The Bertz CT molecular complexity index is 581. The van der Waals surface area contributed by atoms with Gasteiger partial charge >= 0.3 is 0 Å². The highest BCUT2D eigenvalue weighted by molar-refractivity contribution is 6.33. The van der Waals surface area contributed by atoms with Gasteiger partial charge in [0.2, 0.25) is 5.95 Å². The van der Waals surface area contributed by atoms with Crippen molar-refractivity contribution in [3.63, 3.8) is 0 Å². The van der Waals surface area contributed by atoms with Crippen LogP contribution in [0.5, 0.6) is 0 Å². The first-order valence-electron chi connectivity index (χ1n) is 5.09. The molecule has 1 amide bonds. The van der Waals surface area contributed by atoms with Gasteiger partial charge in [-0.25, -0.2) is 15.0 Å². The molecule has 18 heavy (non-hydrogen) atoms. The number of nitrogens with zero attached hydrogens (tertiary/aromatic N) is 3. The van der Waals surface area contributed by atoms with Crippen LogP contribution in [-0.2, 0) is 0 Å². The monoisotopic (exact) mass is 263 g/mol. The van der Waals surface area contributed by atoms with Crippen LogP contribution in [0.1, 0.15) is 16.2 Å². The van der Waals surface area contributed by atoms with Crippen LogP contribution < -0.4 is 11.1 Å². The summed E-state index contributed by atoms with van der Waals surface area (Å²) in [4.78, 5) is 23.6. The predicted molar refractivity (Wildman–Crippen MR) is 68.4 cm³/mol. The lowest BCUT2D eigenvalue weighted by atomic mass is 10.3. The van der Waals surface area contributed by atoms with Gasteiger partial charge in [0.15, 0.2) is 5.82 Å². The van der Waals surface area contributed by atoms with Crippen molar-refractivity contribution in [2.45, 2.75) is 6.92 Å². The summed E-state index contributed by atoms with van der Waals surface area (Å²) in [6, 6.07) is 4.83. The number of carbonyl (C=O) groups is 1. The summed E-state index contributed by atoms with van der Waals surface area (Å²) in [6.45, 7) is 1.72. The molecule has 0 unspecified atom stereocenters. The Morgan fingerprint density at radius 3 is 2.89 bits per heavy atom. The number of aryl methyl sites for hydroxylation is 1. The maximum Gasteiger partial charge on any atom is 0.275 e. The van der Waals surface area contributed by atoms with E-state index in [0.29, 0.717) is 10.7 Å². The van der Waals surface area contributed by atoms with Crippen molar-refractivity contribution in [3.05, 3.63) is 40.8 Å². The van der Waals surface area contributed by atoms with Crippen molar-refractivity contribution in [3.8, 4) is 0 Å². The molecule has 2 heterocycles. The number of nitrogens with two attached hydrogens (primary N) is 1. The maximum absolute atomic E-state index is 11.9. The minimum absolute atomic E-state index is 0.0484. The fourth-order valence-corrected chi connectivity index (χ4v) is 1.53. The van der Waals surface area contributed by atoms with E-state index in [-0.39, 0.29) is 17.5 Å². The Labute approximate surface area is 108 Å². The van der Waals surface area contributed by atoms with Crippen molar-refractivity contribution < 1.29 is 4.79 Å². The Kier molecular flexibility index (Phi) is 3.38. The second-order valence-corrected chi connectivity index (χ2v) is 3.95. The van der Waals surface area contributed by atoms with Crippen LogP contribution in [0, 0.1) is 6.92 Å². The summed E-state index contributed by atoms with van der Waals surface area (Å²) >= 11 is 5.88. The van der Waals surface area contributed by atoms with Crippen LogP contribution in [0.4, 0.5) is 11.8 Å². The molecule has 6 nitrogen and oxygen atoms in total. The zero-order valence-corrected chi connectivity index (χ0v) is 10.3. The molecule has 3 N–H and O–H groups in total. The van der Waals surface area contributed by atoms with Gasteiger partial charge in [-0.3, -0.25) is 4.79 Å². The van der Waals surface area contributed by atoms with Gasteiger partial charge in [-0.05, 0) is 25.1 Å². The van der Waals surface area contributed by atoms with E-state index in [2.05, 4.69) is 20.3 Å². The predicted octanol–water partition coefficient (Wildman–Crippen LogP) is 1.67. The molecule has 0 aliphatic heterocycles. The number of aromatic nitrogens is 3. The molecule has 0 spiro atoms. The smallest absolute Gasteiger partial charge is 0.275 e. The molecule has 2 rings (SSSR count). The number of nitrogens with one attached hydrogen (secondary N) is 1. The zero-order valence-electron chi connectivity index (χ0n) is 9.51. The summed E-state index contributed by atoms with van der Waals surface area (Å²) in [6.07, 6.45) is 1.53. The normalized spacial score (nSPS) is 10.1. The lowest BCUT2D eigenvalue weighted by Gasteiger charge is -2.06. The van der Waals surface area contributed by atoms with Gasteiger partial charge in [0.25, 0.3) is 5.91 Å². The molecule has 92 valence electrons. The standard InChI is InChI=1S/C11H10ClN5O/c1-6-5-8(16-11(13)15-6)10(18)17-9-7(12)3-2-4-14-9/h2-5H,1H3,(H2,13,15,16)(H,14,17,18). The highest BCUT2D eigenvalue weighted by atomic mass is 35.5. The third-order valence-corrected chi connectivity index (χ3v) is 2.40. The average Bonchev–Trinajstić information content (AvgIpc) is 2.31. The average molecular weight is 264 g/mol. The second kappa shape index (κ2) is 4.97. The molecule has 2 aromatic heterocycles. The van der Waals surface area contributed by atoms with Crippen LogP contribution in [0.15, 0.2) is 24.4 Å². The highest BCUT2D eigenvalue weighted by Crippen LogP contribution is 2.18. The summed E-state index contributed by atoms with van der Waals surface area (Å²) < 4.78 is 0. The summed E-state index contributed by atoms with van der Waals surface area (Å²) in [5.74, 6) is -0.112. The molecule has 0 fully saturated rings. The fourth-order valence-electron chi connectivity index (χ4n) is 1.36. The van der Waals surface area contributed by atoms with Crippen molar-refractivity contribution in [2.75, 3.05) is 11.1 Å². The van der Waals surface area contributed by atoms with Crippen molar-refractivity contribution >= 4 is 29.3 Å². The third kappa shape index (κ3) is 2.72. The van der Waals surface area contributed by atoms with E-state index in [1.54, 1.807) is 19.1 Å². The van der Waals surface area contributed by atoms with Gasteiger partial charge in [-0.15, -0.1) is 0 Å². The van der Waals surface area contributed by atoms with E-state index in [0.717, 1.165) is 0 Å². The molecule has 0 atom stereocenters. The fraction of sp³-hybridized carbons (Fsp3) is 0.0909. The highest BCUT2D eigenvalue weighted by Gasteiger charge is 2.12. The summed E-state index contributed by atoms with van der Waals surface area (Å²) in [5, 5.41) is 2.90. The number of pyridine rings is 1. The van der Waals surface area contributed by atoms with E-state index in [1.165, 1.54) is 12.3 Å². The lowest BCUT2D eigenvalue weighted by Crippen LogP contribution is -2.16. The second-order valence-electron chi connectivity index (χ2n) is 3.54. The number of amides is 1. The Hall–Kier alpha value is -2.21. The van der Waals surface area contributed by atoms with Crippen LogP contribution in [-0.4, -0.2) is 20.9 Å². The van der Waals surface area contributed by atoms with Crippen LogP contribution in [0.25, 0.3) is 0 Å². The van der Waals surface area contributed by atoms with Gasteiger partial charge in [-0.1, -0.05) is 11.6 Å². The zero-order chi connectivity index (χ0) is 13.1. The molecule has 0 aromatic carbocycles. The molecule has 0 aliphatic carbocycles. The van der Waals surface area contributed by atoms with E-state index in [4.69, 9.17) is 17.3 Å². The van der Waals surface area contributed by atoms with E-state index in [9.17, 15) is 4.79 Å². The molecule has 0 radical (unpaired) electrons. The first-order chi connectivity index (χ1) is 8.56. The quantitative estimate of drug-likeness (QED) is 0.859. The molecular weight excluding hydrogens is 254 g/mol. The van der Waals surface area contributed by atoms with Crippen molar-refractivity contribution in [1.82, 2.24) is 15.0 Å². The molecule has 0 saturated heterocycles. The SMILES string of the molecule is Cc1cc(C(=O)Nc2ncccc2Cl)nc(N)n1. The Morgan fingerprint density at radius 1 is 1.44 bits per heavy atom. The molecule has 7 heteroatoms. The van der Waals surface area contributed by atoms with Gasteiger partial charge in [0.1, 0.15) is 5.69 Å². The number of carbonyl (C=O) groups excluding carboxylic acids is 1. The number of nitrogen functional groups attached to an aromatic ring is 1. The van der Waals surface area contributed by atoms with E-state index < -0.39 is 5.91 Å². The van der Waals surface area contributed by atoms with Crippen LogP contribution in [0.2, 0.25) is 5.02 Å². The number of hydrogen-bond acceptors (Lipinski definition) is 5. The molecular formula is C11H10ClN5O. The van der Waals surface area contributed by atoms with E-state index >= 15 is 0 Å². The van der Waals surface area contributed by atoms with Crippen LogP contribution >= 0.6 is 11.6 Å². The number of anilines is 2. The van der Waals surface area contributed by atoms with Crippen molar-refractivity contribution in [2.24, 2.45) is 0 Å². The maximum atomic E-state index is 11.9. The number of halogens is 1. The minimum Gasteiger partial charge on any atom is -0.368 e. The van der Waals surface area contributed by atoms with Gasteiger partial charge in [0.05, 0.1) is 5.02 Å². The molecule has 0 bridgehead atoms. The molecule has 0 saturated carbocycles. The lowest BCUT2D eigenvalue weighted by molar-refractivity contribution is 0.102. The van der Waals surface area contributed by atoms with Crippen molar-refractivity contribution in [1.29, 1.82) is 0 Å². The van der Waals surface area contributed by atoms with Crippen LogP contribution in [0.3, 0.4) is 0 Å². The van der Waals surface area contributed by atoms with Gasteiger partial charge in [-0.2, -0.15) is 0 Å². The Balaban J connectivity index is 2.25. The molecule has 2 aromatic rings. The number of rotatable bonds is 2. The Morgan fingerprint density at radius 2 is 2.22 bits per heavy atom. The molecule has 0 aliphatic rings. The largest absolute Gasteiger partial charge is 0.368 e. The summed E-state index contributed by atoms with van der Waals surface area (Å²) in [7, 11) is 0.